The van der Waals surface area contributed by atoms with E-state index in [0.29, 0.717) is 16.5 Å². The van der Waals surface area contributed by atoms with Crippen LogP contribution in [0.1, 0.15) is 27.2 Å². The number of H-pyrrole nitrogens is 1. The Kier molecular flexibility index (Phi) is 4.54. The summed E-state index contributed by atoms with van der Waals surface area (Å²) in [4.78, 5) is 27.1. The number of carbonyl (C=O) groups excluding carboxylic acids is 1. The van der Waals surface area contributed by atoms with Crippen LogP contribution < -0.4 is 5.43 Å². The highest BCUT2D eigenvalue weighted by molar-refractivity contribution is 5.91. The number of hydrogen-bond donors (Lipinski definition) is 1. The number of pyridine rings is 1. The normalized spacial score (nSPS) is 11.5. The van der Waals surface area contributed by atoms with E-state index in [4.69, 9.17) is 4.74 Å². The average Bonchev–Trinajstić information content (AvgIpc) is 2.59. The van der Waals surface area contributed by atoms with Gasteiger partial charge in [0.15, 0.2) is 5.43 Å². The molecule has 7 heteroatoms. The van der Waals surface area contributed by atoms with Gasteiger partial charge in [0, 0.05) is 17.0 Å². The molecule has 0 atom stereocenters. The van der Waals surface area contributed by atoms with Crippen LogP contribution in [-0.2, 0) is 17.5 Å². The molecule has 0 spiro atoms. The summed E-state index contributed by atoms with van der Waals surface area (Å²) in [5, 5.41) is 0.462. The number of aromatic nitrogens is 1. The number of aryl methyl sites for hydroxylation is 1. The number of aromatic amines is 1. The van der Waals surface area contributed by atoms with Gasteiger partial charge in [-0.25, -0.2) is 4.79 Å². The van der Waals surface area contributed by atoms with Crippen LogP contribution in [0.25, 0.3) is 10.9 Å². The van der Waals surface area contributed by atoms with Crippen LogP contribution in [0.4, 0.5) is 13.2 Å². The molecule has 0 bridgehead atoms. The fourth-order valence-corrected chi connectivity index (χ4v) is 2.49. The van der Waals surface area contributed by atoms with Gasteiger partial charge in [0.25, 0.3) is 0 Å². The Morgan fingerprint density at radius 3 is 2.42 bits per heavy atom. The second-order valence-corrected chi connectivity index (χ2v) is 5.87. The molecule has 3 aromatic rings. The second-order valence-electron chi connectivity index (χ2n) is 5.87. The van der Waals surface area contributed by atoms with Crippen LogP contribution in [0.3, 0.4) is 0 Å². The predicted molar refractivity (Wildman–Crippen MR) is 89.9 cm³/mol. The van der Waals surface area contributed by atoms with E-state index in [-0.39, 0.29) is 17.7 Å². The second kappa shape index (κ2) is 6.67. The van der Waals surface area contributed by atoms with Gasteiger partial charge in [-0.05, 0) is 36.8 Å². The van der Waals surface area contributed by atoms with Crippen molar-refractivity contribution in [3.63, 3.8) is 0 Å². The highest BCUT2D eigenvalue weighted by Crippen LogP contribution is 2.29. The van der Waals surface area contributed by atoms with Crippen LogP contribution in [0, 0.1) is 6.92 Å². The summed E-state index contributed by atoms with van der Waals surface area (Å²) in [5.41, 5.74) is 0.722. The molecule has 0 aliphatic heterocycles. The Bertz CT molecular complexity index is 1020. The van der Waals surface area contributed by atoms with Crippen LogP contribution in [0.2, 0.25) is 0 Å². The molecular weight excluding hydrogens is 347 g/mol. The van der Waals surface area contributed by atoms with Crippen molar-refractivity contribution >= 4 is 16.9 Å². The first-order valence-electron chi connectivity index (χ1n) is 7.71. The lowest BCUT2D eigenvalue weighted by Crippen LogP contribution is -2.13. The number of nitrogens with one attached hydrogen (secondary N) is 1. The van der Waals surface area contributed by atoms with Crippen molar-refractivity contribution in [3.05, 3.63) is 81.1 Å². The minimum atomic E-state index is -4.42. The molecule has 0 aliphatic rings. The predicted octanol–water partition coefficient (Wildman–Crippen LogP) is 4.21. The van der Waals surface area contributed by atoms with Crippen LogP contribution in [-0.4, -0.2) is 11.0 Å². The summed E-state index contributed by atoms with van der Waals surface area (Å²) in [5.74, 6) is -0.760. The largest absolute Gasteiger partial charge is 0.456 e. The van der Waals surface area contributed by atoms with Gasteiger partial charge < -0.3 is 9.72 Å². The van der Waals surface area contributed by atoms with Crippen molar-refractivity contribution in [2.75, 3.05) is 0 Å². The summed E-state index contributed by atoms with van der Waals surface area (Å²) in [6, 6.07) is 10.7. The molecular formula is C19H14F3NO3. The number of halogens is 3. The monoisotopic (exact) mass is 361 g/mol. The van der Waals surface area contributed by atoms with Crippen LogP contribution in [0.15, 0.2) is 53.3 Å². The number of fused-ring (bicyclic) bond motifs is 1. The molecule has 2 aromatic carbocycles. The van der Waals surface area contributed by atoms with Gasteiger partial charge in [-0.3, -0.25) is 4.79 Å². The SMILES string of the molecule is Cc1ccc2[nH]c(C(=O)OCc3ccc(C(F)(F)F)cc3)cc(=O)c2c1. The number of rotatable bonds is 3. The minimum Gasteiger partial charge on any atom is -0.456 e. The lowest BCUT2D eigenvalue weighted by atomic mass is 10.1. The molecule has 0 radical (unpaired) electrons. The van der Waals surface area contributed by atoms with E-state index in [1.165, 1.54) is 12.1 Å². The van der Waals surface area contributed by atoms with E-state index in [0.717, 1.165) is 23.8 Å². The molecule has 0 fully saturated rings. The summed E-state index contributed by atoms with van der Waals surface area (Å²) in [7, 11) is 0. The van der Waals surface area contributed by atoms with Gasteiger partial charge in [0.05, 0.1) is 5.56 Å². The Balaban J connectivity index is 1.75. The van der Waals surface area contributed by atoms with Crippen molar-refractivity contribution in [2.24, 2.45) is 0 Å². The molecule has 0 unspecified atom stereocenters. The summed E-state index contributed by atoms with van der Waals surface area (Å²) in [6.07, 6.45) is -4.42. The lowest BCUT2D eigenvalue weighted by molar-refractivity contribution is -0.137. The molecule has 1 N–H and O–H groups in total. The fourth-order valence-electron chi connectivity index (χ4n) is 2.49. The Labute approximate surface area is 146 Å². The van der Waals surface area contributed by atoms with E-state index >= 15 is 0 Å². The van der Waals surface area contributed by atoms with E-state index in [2.05, 4.69) is 4.98 Å². The Hall–Kier alpha value is -3.09. The number of ether oxygens (including phenoxy) is 1. The topological polar surface area (TPSA) is 59.2 Å². The van der Waals surface area contributed by atoms with Crippen LogP contribution >= 0.6 is 0 Å². The first kappa shape index (κ1) is 17.7. The van der Waals surface area contributed by atoms with E-state index in [1.54, 1.807) is 18.2 Å². The standard InChI is InChI=1S/C19H14F3NO3/c1-11-2-7-15-14(8-11)17(24)9-16(23-15)18(25)26-10-12-3-5-13(6-4-12)19(20,21)22/h2-9H,10H2,1H3,(H,23,24). The maximum atomic E-state index is 12.5. The zero-order valence-electron chi connectivity index (χ0n) is 13.7. The van der Waals surface area contributed by atoms with E-state index in [9.17, 15) is 22.8 Å². The zero-order valence-corrected chi connectivity index (χ0v) is 13.7. The van der Waals surface area contributed by atoms with E-state index < -0.39 is 17.7 Å². The molecule has 26 heavy (non-hydrogen) atoms. The summed E-state index contributed by atoms with van der Waals surface area (Å²) in [6.45, 7) is 1.65. The highest BCUT2D eigenvalue weighted by Gasteiger charge is 2.29. The molecule has 1 heterocycles. The van der Waals surface area contributed by atoms with Gasteiger partial charge in [0.2, 0.25) is 0 Å². The van der Waals surface area contributed by atoms with Gasteiger partial charge in [-0.15, -0.1) is 0 Å². The average molecular weight is 361 g/mol. The number of carbonyl (C=O) groups is 1. The minimum absolute atomic E-state index is 0.0155. The fraction of sp³-hybridized carbons (Fsp3) is 0.158. The Morgan fingerprint density at radius 2 is 1.77 bits per heavy atom. The molecule has 0 aliphatic carbocycles. The third-order valence-electron chi connectivity index (χ3n) is 3.86. The maximum Gasteiger partial charge on any atom is 0.416 e. The molecule has 0 amide bonds. The van der Waals surface area contributed by atoms with Gasteiger partial charge in [0.1, 0.15) is 12.3 Å². The van der Waals surface area contributed by atoms with Gasteiger partial charge >= 0.3 is 12.1 Å². The van der Waals surface area contributed by atoms with Crippen molar-refractivity contribution in [1.82, 2.24) is 4.98 Å². The summed E-state index contributed by atoms with van der Waals surface area (Å²) < 4.78 is 42.7. The number of hydrogen-bond acceptors (Lipinski definition) is 3. The third-order valence-corrected chi connectivity index (χ3v) is 3.86. The molecule has 0 saturated heterocycles. The first-order chi connectivity index (χ1) is 12.2. The maximum absolute atomic E-state index is 12.5. The van der Waals surface area contributed by atoms with Crippen molar-refractivity contribution in [2.45, 2.75) is 19.7 Å². The third kappa shape index (κ3) is 3.77. The number of benzene rings is 2. The number of alkyl halides is 3. The van der Waals surface area contributed by atoms with E-state index in [1.807, 2.05) is 6.92 Å². The van der Waals surface area contributed by atoms with Crippen LogP contribution in [0.5, 0.6) is 0 Å². The molecule has 0 saturated carbocycles. The summed E-state index contributed by atoms with van der Waals surface area (Å²) >= 11 is 0. The molecule has 1 aromatic heterocycles. The molecule has 134 valence electrons. The molecule has 4 nitrogen and oxygen atoms in total. The quantitative estimate of drug-likeness (QED) is 0.711. The smallest absolute Gasteiger partial charge is 0.416 e. The Morgan fingerprint density at radius 1 is 1.08 bits per heavy atom. The van der Waals surface area contributed by atoms with Gasteiger partial charge in [-0.1, -0.05) is 23.8 Å². The van der Waals surface area contributed by atoms with Crippen molar-refractivity contribution in [1.29, 1.82) is 0 Å². The first-order valence-corrected chi connectivity index (χ1v) is 7.71. The van der Waals surface area contributed by atoms with Gasteiger partial charge in [-0.2, -0.15) is 13.2 Å². The van der Waals surface area contributed by atoms with Crippen molar-refractivity contribution in [3.8, 4) is 0 Å². The van der Waals surface area contributed by atoms with Crippen molar-refractivity contribution < 1.29 is 22.7 Å². The lowest BCUT2D eigenvalue weighted by Gasteiger charge is -2.09. The zero-order chi connectivity index (χ0) is 18.9. The highest BCUT2D eigenvalue weighted by atomic mass is 19.4. The number of esters is 1. The molecule has 3 rings (SSSR count).